The van der Waals surface area contributed by atoms with Crippen molar-refractivity contribution in [3.63, 3.8) is 0 Å². The first-order valence-electron chi connectivity index (χ1n) is 7.00. The number of carboxylic acid groups (broad SMARTS) is 1. The third kappa shape index (κ3) is 4.97. The lowest BCUT2D eigenvalue weighted by molar-refractivity contribution is 0.0697. The maximum atomic E-state index is 10.8. The van der Waals surface area contributed by atoms with Gasteiger partial charge in [0.05, 0.1) is 23.8 Å². The molecule has 0 atom stereocenters. The van der Waals surface area contributed by atoms with E-state index in [0.717, 1.165) is 18.6 Å². The zero-order chi connectivity index (χ0) is 15.8. The van der Waals surface area contributed by atoms with Crippen LogP contribution in [0.1, 0.15) is 23.2 Å². The highest BCUT2D eigenvalue weighted by Crippen LogP contribution is 2.25. The second-order valence-corrected chi connectivity index (χ2v) is 5.07. The van der Waals surface area contributed by atoms with Crippen molar-refractivity contribution in [3.8, 4) is 11.5 Å². The Morgan fingerprint density at radius 3 is 2.32 bits per heavy atom. The summed E-state index contributed by atoms with van der Waals surface area (Å²) in [5, 5.41) is 9.16. The van der Waals surface area contributed by atoms with Gasteiger partial charge in [0.2, 0.25) is 0 Å². The Bertz CT molecular complexity index is 613. The molecule has 0 radical (unpaired) electrons. The number of carbonyl (C=O) groups is 1. The third-order valence-electron chi connectivity index (χ3n) is 2.99. The molecule has 0 fully saturated rings. The summed E-state index contributed by atoms with van der Waals surface area (Å²) in [7, 11) is 0. The summed E-state index contributed by atoms with van der Waals surface area (Å²) in [6.07, 6.45) is 1.68. The molecule has 0 saturated carbocycles. The average molecular weight is 321 g/mol. The van der Waals surface area contributed by atoms with Crippen LogP contribution in [0.4, 0.5) is 0 Å². The molecule has 2 rings (SSSR count). The maximum Gasteiger partial charge on any atom is 0.335 e. The summed E-state index contributed by atoms with van der Waals surface area (Å²) >= 11 is 5.98. The smallest absolute Gasteiger partial charge is 0.335 e. The van der Waals surface area contributed by atoms with Crippen LogP contribution in [0.15, 0.2) is 48.5 Å². The summed E-state index contributed by atoms with van der Waals surface area (Å²) in [5.74, 6) is 0.345. The molecule has 0 amide bonds. The van der Waals surface area contributed by atoms with Crippen LogP contribution in [-0.4, -0.2) is 24.3 Å². The SMILES string of the molecule is O=C(O)c1ccc(OCCCCOc2ccccc2)c(Cl)c1. The first-order chi connectivity index (χ1) is 10.7. The quantitative estimate of drug-likeness (QED) is 0.738. The summed E-state index contributed by atoms with van der Waals surface area (Å²) in [6.45, 7) is 1.13. The molecule has 0 bridgehead atoms. The van der Waals surface area contributed by atoms with Gasteiger partial charge >= 0.3 is 5.97 Å². The van der Waals surface area contributed by atoms with Crippen molar-refractivity contribution in [1.29, 1.82) is 0 Å². The van der Waals surface area contributed by atoms with Crippen molar-refractivity contribution >= 4 is 17.6 Å². The second kappa shape index (κ2) is 8.29. The zero-order valence-electron chi connectivity index (χ0n) is 12.0. The van der Waals surface area contributed by atoms with Crippen LogP contribution in [0.25, 0.3) is 0 Å². The minimum absolute atomic E-state index is 0.147. The van der Waals surface area contributed by atoms with Crippen LogP contribution in [-0.2, 0) is 0 Å². The Morgan fingerprint density at radius 2 is 1.68 bits per heavy atom. The van der Waals surface area contributed by atoms with Gasteiger partial charge in [-0.15, -0.1) is 0 Å². The van der Waals surface area contributed by atoms with Gasteiger partial charge in [-0.1, -0.05) is 29.8 Å². The van der Waals surface area contributed by atoms with Crippen molar-refractivity contribution < 1.29 is 19.4 Å². The first kappa shape index (κ1) is 16.2. The molecule has 2 aromatic rings. The molecule has 0 aliphatic heterocycles. The Morgan fingerprint density at radius 1 is 1.00 bits per heavy atom. The number of aromatic carboxylic acids is 1. The number of unbranched alkanes of at least 4 members (excludes halogenated alkanes) is 1. The Balaban J connectivity index is 1.67. The van der Waals surface area contributed by atoms with Crippen molar-refractivity contribution in [2.75, 3.05) is 13.2 Å². The highest BCUT2D eigenvalue weighted by Gasteiger charge is 2.07. The Labute approximate surface area is 134 Å². The molecule has 0 unspecified atom stereocenters. The Hall–Kier alpha value is -2.20. The van der Waals surface area contributed by atoms with Gasteiger partial charge in [0.25, 0.3) is 0 Å². The fourth-order valence-corrected chi connectivity index (χ4v) is 2.08. The normalized spacial score (nSPS) is 10.2. The number of carboxylic acids is 1. The van der Waals surface area contributed by atoms with E-state index in [1.165, 1.54) is 12.1 Å². The van der Waals surface area contributed by atoms with Gasteiger partial charge in [-0.25, -0.2) is 4.79 Å². The van der Waals surface area contributed by atoms with E-state index in [2.05, 4.69) is 0 Å². The number of hydrogen-bond donors (Lipinski definition) is 1. The third-order valence-corrected chi connectivity index (χ3v) is 3.28. The maximum absolute atomic E-state index is 10.8. The predicted molar refractivity (Wildman–Crippen MR) is 85.1 cm³/mol. The summed E-state index contributed by atoms with van der Waals surface area (Å²) < 4.78 is 11.1. The van der Waals surface area contributed by atoms with Crippen LogP contribution < -0.4 is 9.47 Å². The minimum Gasteiger partial charge on any atom is -0.494 e. The van der Waals surface area contributed by atoms with Crippen LogP contribution in [0.3, 0.4) is 0 Å². The topological polar surface area (TPSA) is 55.8 Å². The monoisotopic (exact) mass is 320 g/mol. The van der Waals surface area contributed by atoms with Crippen LogP contribution in [0, 0.1) is 0 Å². The number of para-hydroxylation sites is 1. The van der Waals surface area contributed by atoms with Gasteiger partial charge in [0.1, 0.15) is 11.5 Å². The molecular weight excluding hydrogens is 304 g/mol. The van der Waals surface area contributed by atoms with E-state index in [0.29, 0.717) is 24.0 Å². The van der Waals surface area contributed by atoms with Crippen LogP contribution >= 0.6 is 11.6 Å². The minimum atomic E-state index is -1.01. The highest BCUT2D eigenvalue weighted by molar-refractivity contribution is 6.32. The van der Waals surface area contributed by atoms with Crippen LogP contribution in [0.5, 0.6) is 11.5 Å². The van der Waals surface area contributed by atoms with Crippen molar-refractivity contribution in [2.24, 2.45) is 0 Å². The number of benzene rings is 2. The van der Waals surface area contributed by atoms with E-state index in [1.807, 2.05) is 30.3 Å². The lowest BCUT2D eigenvalue weighted by atomic mass is 10.2. The number of ether oxygens (including phenoxy) is 2. The largest absolute Gasteiger partial charge is 0.494 e. The predicted octanol–water partition coefficient (Wildman–Crippen LogP) is 4.28. The van der Waals surface area contributed by atoms with E-state index < -0.39 is 5.97 Å². The van der Waals surface area contributed by atoms with Crippen LogP contribution in [0.2, 0.25) is 5.02 Å². The van der Waals surface area contributed by atoms with E-state index in [-0.39, 0.29) is 5.56 Å². The molecule has 4 nitrogen and oxygen atoms in total. The number of rotatable bonds is 8. The fraction of sp³-hybridized carbons (Fsp3) is 0.235. The molecule has 2 aromatic carbocycles. The summed E-state index contributed by atoms with van der Waals surface area (Å²) in [5.41, 5.74) is 0.147. The molecule has 0 spiro atoms. The first-order valence-corrected chi connectivity index (χ1v) is 7.38. The van der Waals surface area contributed by atoms with Crippen molar-refractivity contribution in [3.05, 3.63) is 59.1 Å². The molecule has 0 aliphatic rings. The molecule has 22 heavy (non-hydrogen) atoms. The van der Waals surface area contributed by atoms with Gasteiger partial charge in [-0.3, -0.25) is 0 Å². The number of hydrogen-bond acceptors (Lipinski definition) is 3. The lowest BCUT2D eigenvalue weighted by Gasteiger charge is -2.09. The van der Waals surface area contributed by atoms with Gasteiger partial charge in [-0.2, -0.15) is 0 Å². The summed E-state index contributed by atoms with van der Waals surface area (Å²) in [4.78, 5) is 10.8. The molecule has 0 saturated heterocycles. The molecule has 116 valence electrons. The molecular formula is C17H17ClO4. The molecule has 0 aliphatic carbocycles. The van der Waals surface area contributed by atoms with E-state index in [4.69, 9.17) is 26.2 Å². The second-order valence-electron chi connectivity index (χ2n) is 4.67. The highest BCUT2D eigenvalue weighted by atomic mass is 35.5. The van der Waals surface area contributed by atoms with Gasteiger partial charge < -0.3 is 14.6 Å². The number of halogens is 1. The zero-order valence-corrected chi connectivity index (χ0v) is 12.8. The standard InChI is InChI=1S/C17H17ClO4/c18-15-12-13(17(19)20)8-9-16(15)22-11-5-4-10-21-14-6-2-1-3-7-14/h1-3,6-9,12H,4-5,10-11H2,(H,19,20). The van der Waals surface area contributed by atoms with E-state index >= 15 is 0 Å². The average Bonchev–Trinajstić information content (AvgIpc) is 2.52. The van der Waals surface area contributed by atoms with Crippen molar-refractivity contribution in [1.82, 2.24) is 0 Å². The van der Waals surface area contributed by atoms with Gasteiger partial charge in [-0.05, 0) is 43.2 Å². The summed E-state index contributed by atoms with van der Waals surface area (Å²) in [6, 6.07) is 14.1. The lowest BCUT2D eigenvalue weighted by Crippen LogP contribution is -2.03. The van der Waals surface area contributed by atoms with E-state index in [9.17, 15) is 4.79 Å². The molecule has 0 heterocycles. The molecule has 0 aromatic heterocycles. The Kier molecular flexibility index (Phi) is 6.10. The van der Waals surface area contributed by atoms with Gasteiger partial charge in [0.15, 0.2) is 0 Å². The van der Waals surface area contributed by atoms with Crippen molar-refractivity contribution in [2.45, 2.75) is 12.8 Å². The molecule has 5 heteroatoms. The molecule has 1 N–H and O–H groups in total. The van der Waals surface area contributed by atoms with Gasteiger partial charge in [0, 0.05) is 0 Å². The van der Waals surface area contributed by atoms with E-state index in [1.54, 1.807) is 6.07 Å². The fourth-order valence-electron chi connectivity index (χ4n) is 1.84.